The number of benzene rings is 2. The Morgan fingerprint density at radius 2 is 1.97 bits per heavy atom. The molecule has 8 heteroatoms. The topological polar surface area (TPSA) is 50.5 Å². The lowest BCUT2D eigenvalue weighted by Gasteiger charge is -2.26. The molecule has 1 saturated heterocycles. The molecule has 172 valence electrons. The molecule has 0 radical (unpaired) electrons. The molecule has 5 nitrogen and oxygen atoms in total. The number of furan rings is 1. The molecule has 4 aromatic rings. The zero-order chi connectivity index (χ0) is 23.8. The van der Waals surface area contributed by atoms with Gasteiger partial charge in [0.1, 0.15) is 23.3 Å². The van der Waals surface area contributed by atoms with Crippen molar-refractivity contribution in [2.24, 2.45) is 0 Å². The van der Waals surface area contributed by atoms with Gasteiger partial charge in [0.25, 0.3) is 0 Å². The second kappa shape index (κ2) is 9.41. The number of methoxy groups -OCH3 is 1. The van der Waals surface area contributed by atoms with Gasteiger partial charge in [-0.15, -0.1) is 0 Å². The van der Waals surface area contributed by atoms with E-state index >= 15 is 0 Å². The number of aromatic nitrogens is 1. The summed E-state index contributed by atoms with van der Waals surface area (Å²) >= 11 is 15.9. The highest BCUT2D eigenvalue weighted by Gasteiger charge is 2.42. The quantitative estimate of drug-likeness (QED) is 0.262. The van der Waals surface area contributed by atoms with Crippen LogP contribution in [0.4, 0.5) is 5.69 Å². The van der Waals surface area contributed by atoms with Gasteiger partial charge in [-0.2, -0.15) is 0 Å². The monoisotopic (exact) mass is 553 g/mol. The van der Waals surface area contributed by atoms with Crippen LogP contribution in [-0.2, 0) is 0 Å². The molecule has 0 aliphatic carbocycles. The first-order valence-electron chi connectivity index (χ1n) is 10.7. The highest BCUT2D eigenvalue weighted by molar-refractivity contribution is 9.10. The van der Waals surface area contributed by atoms with Crippen molar-refractivity contribution in [1.29, 1.82) is 0 Å². The average Bonchev–Trinajstić information content (AvgIpc) is 3.44. The predicted octanol–water partition coefficient (Wildman–Crippen LogP) is 7.25. The van der Waals surface area contributed by atoms with Crippen molar-refractivity contribution < 1.29 is 9.15 Å². The van der Waals surface area contributed by atoms with Crippen molar-refractivity contribution in [3.63, 3.8) is 0 Å². The van der Waals surface area contributed by atoms with E-state index in [1.54, 1.807) is 13.3 Å². The maximum absolute atomic E-state index is 6.46. The SMILES string of the molecule is COc1ccc(N2C(=S)N[C@H](c3ccccn3)[C@H]2c2ccc(-c3ccc(C)cc3Br)o2)cc1Cl. The van der Waals surface area contributed by atoms with Crippen LogP contribution in [-0.4, -0.2) is 17.2 Å². The molecule has 2 aromatic heterocycles. The number of hydrogen-bond acceptors (Lipinski definition) is 4. The van der Waals surface area contributed by atoms with Crippen LogP contribution < -0.4 is 15.0 Å². The van der Waals surface area contributed by atoms with Gasteiger partial charge in [0.05, 0.1) is 23.9 Å². The lowest BCUT2D eigenvalue weighted by molar-refractivity contribution is 0.415. The van der Waals surface area contributed by atoms with E-state index in [0.717, 1.165) is 32.9 Å². The Bertz CT molecular complexity index is 1360. The number of halogens is 2. The summed E-state index contributed by atoms with van der Waals surface area (Å²) in [5, 5.41) is 4.51. The van der Waals surface area contributed by atoms with Gasteiger partial charge in [-0.25, -0.2) is 0 Å². The molecule has 0 saturated carbocycles. The molecule has 0 unspecified atom stereocenters. The first-order valence-corrected chi connectivity index (χ1v) is 12.2. The maximum Gasteiger partial charge on any atom is 0.174 e. The number of thiocarbonyl (C=S) groups is 1. The van der Waals surface area contributed by atoms with E-state index in [2.05, 4.69) is 51.4 Å². The predicted molar refractivity (Wildman–Crippen MR) is 143 cm³/mol. The van der Waals surface area contributed by atoms with Crippen LogP contribution >= 0.6 is 39.7 Å². The van der Waals surface area contributed by atoms with Crippen LogP contribution in [0.15, 0.2) is 81.8 Å². The van der Waals surface area contributed by atoms with Crippen molar-refractivity contribution in [3.05, 3.63) is 99.4 Å². The third-order valence-corrected chi connectivity index (χ3v) is 7.09. The van der Waals surface area contributed by atoms with Gasteiger partial charge in [0.2, 0.25) is 0 Å². The maximum atomic E-state index is 6.46. The molecule has 1 fully saturated rings. The van der Waals surface area contributed by atoms with Crippen molar-refractivity contribution in [3.8, 4) is 17.1 Å². The van der Waals surface area contributed by atoms with Crippen molar-refractivity contribution >= 4 is 50.5 Å². The van der Waals surface area contributed by atoms with Crippen LogP contribution in [0.25, 0.3) is 11.3 Å². The zero-order valence-corrected chi connectivity index (χ0v) is 21.6. The number of hydrogen-bond donors (Lipinski definition) is 1. The van der Waals surface area contributed by atoms with E-state index in [4.69, 9.17) is 33.0 Å². The third-order valence-electron chi connectivity index (χ3n) is 5.82. The molecule has 1 aliphatic heterocycles. The first-order chi connectivity index (χ1) is 16.5. The Balaban J connectivity index is 1.61. The molecule has 1 aliphatic rings. The van der Waals surface area contributed by atoms with Crippen molar-refractivity contribution in [2.45, 2.75) is 19.0 Å². The average molecular weight is 555 g/mol. The molecular formula is C26H21BrClN3O2S. The summed E-state index contributed by atoms with van der Waals surface area (Å²) in [5.74, 6) is 2.13. The van der Waals surface area contributed by atoms with E-state index in [1.165, 1.54) is 5.56 Å². The van der Waals surface area contributed by atoms with Crippen LogP contribution in [0.1, 0.15) is 29.1 Å². The summed E-state index contributed by atoms with van der Waals surface area (Å²) in [6.45, 7) is 2.06. The largest absolute Gasteiger partial charge is 0.495 e. The Kier molecular flexibility index (Phi) is 6.34. The Morgan fingerprint density at radius 1 is 1.12 bits per heavy atom. The second-order valence-electron chi connectivity index (χ2n) is 8.00. The number of nitrogens with one attached hydrogen (secondary N) is 1. The first kappa shape index (κ1) is 22.9. The second-order valence-corrected chi connectivity index (χ2v) is 9.65. The number of anilines is 1. The molecule has 2 atom stereocenters. The fourth-order valence-corrected chi connectivity index (χ4v) is 5.49. The standard InChI is InChI=1S/C26H21BrClN3O2S/c1-15-6-8-17(18(27)13-15)21-10-11-23(33-21)25-24(20-5-3-4-12-29-20)30-26(34)31(25)16-7-9-22(32-2)19(28)14-16/h3-14,24-25H,1-2H3,(H,30,34)/t24-,25-/m1/s1. The molecule has 3 heterocycles. The van der Waals surface area contributed by atoms with Gasteiger partial charge < -0.3 is 19.4 Å². The zero-order valence-electron chi connectivity index (χ0n) is 18.5. The molecule has 0 spiro atoms. The number of ether oxygens (including phenoxy) is 1. The highest BCUT2D eigenvalue weighted by atomic mass is 79.9. The molecule has 1 N–H and O–H groups in total. The summed E-state index contributed by atoms with van der Waals surface area (Å²) < 4.78 is 12.8. The number of nitrogens with zero attached hydrogens (tertiary/aromatic N) is 2. The fourth-order valence-electron chi connectivity index (χ4n) is 4.20. The third kappa shape index (κ3) is 4.19. The minimum Gasteiger partial charge on any atom is -0.495 e. The summed E-state index contributed by atoms with van der Waals surface area (Å²) in [5.41, 5.74) is 3.86. The van der Waals surface area contributed by atoms with Crippen LogP contribution in [0.2, 0.25) is 5.02 Å². The van der Waals surface area contributed by atoms with Gasteiger partial charge in [0.15, 0.2) is 5.11 Å². The normalized spacial score (nSPS) is 17.6. The Labute approximate surface area is 216 Å². The molecule has 2 aromatic carbocycles. The molecule has 0 amide bonds. The Hall–Kier alpha value is -2.87. The number of pyridine rings is 1. The van der Waals surface area contributed by atoms with E-state index in [1.807, 2.05) is 53.4 Å². The summed E-state index contributed by atoms with van der Waals surface area (Å²) in [4.78, 5) is 6.61. The minimum atomic E-state index is -0.273. The Morgan fingerprint density at radius 3 is 2.68 bits per heavy atom. The number of aryl methyl sites for hydroxylation is 1. The van der Waals surface area contributed by atoms with Crippen molar-refractivity contribution in [2.75, 3.05) is 12.0 Å². The fraction of sp³-hybridized carbons (Fsp3) is 0.154. The van der Waals surface area contributed by atoms with E-state index in [9.17, 15) is 0 Å². The molecular weight excluding hydrogens is 534 g/mol. The molecule has 0 bridgehead atoms. The van der Waals surface area contributed by atoms with Gasteiger partial charge in [0, 0.05) is 21.9 Å². The summed E-state index contributed by atoms with van der Waals surface area (Å²) in [6.07, 6.45) is 1.78. The molecule has 5 rings (SSSR count). The van der Waals surface area contributed by atoms with Crippen LogP contribution in [0.5, 0.6) is 5.75 Å². The minimum absolute atomic E-state index is 0.213. The van der Waals surface area contributed by atoms with Gasteiger partial charge in [-0.1, -0.05) is 39.7 Å². The lowest BCUT2D eigenvalue weighted by Crippen LogP contribution is -2.29. The van der Waals surface area contributed by atoms with E-state index < -0.39 is 0 Å². The van der Waals surface area contributed by atoms with Crippen LogP contribution in [0.3, 0.4) is 0 Å². The van der Waals surface area contributed by atoms with Gasteiger partial charge >= 0.3 is 0 Å². The summed E-state index contributed by atoms with van der Waals surface area (Å²) in [7, 11) is 1.59. The van der Waals surface area contributed by atoms with Gasteiger partial charge in [-0.3, -0.25) is 4.98 Å². The number of rotatable bonds is 5. The highest BCUT2D eigenvalue weighted by Crippen LogP contribution is 2.44. The van der Waals surface area contributed by atoms with Crippen LogP contribution in [0, 0.1) is 6.92 Å². The van der Waals surface area contributed by atoms with E-state index in [0.29, 0.717) is 15.9 Å². The van der Waals surface area contributed by atoms with Gasteiger partial charge in [-0.05, 0) is 79.3 Å². The lowest BCUT2D eigenvalue weighted by atomic mass is 10.0. The van der Waals surface area contributed by atoms with E-state index in [-0.39, 0.29) is 12.1 Å². The molecule has 34 heavy (non-hydrogen) atoms. The van der Waals surface area contributed by atoms with Crippen molar-refractivity contribution in [1.82, 2.24) is 10.3 Å². The smallest absolute Gasteiger partial charge is 0.174 e. The summed E-state index contributed by atoms with van der Waals surface area (Å²) in [6, 6.07) is 21.2.